The summed E-state index contributed by atoms with van der Waals surface area (Å²) in [5.74, 6) is -2.65. The number of para-hydroxylation sites is 1. The van der Waals surface area contributed by atoms with Crippen LogP contribution in [0, 0.1) is 0 Å². The Kier molecular flexibility index (Phi) is 4.38. The number of amides is 1. The summed E-state index contributed by atoms with van der Waals surface area (Å²) >= 11 is 0. The highest BCUT2D eigenvalue weighted by Gasteiger charge is 2.12. The van der Waals surface area contributed by atoms with Crippen LogP contribution in [-0.4, -0.2) is 33.4 Å². The van der Waals surface area contributed by atoms with Crippen LogP contribution in [0.1, 0.15) is 26.3 Å². The number of rotatable bonds is 4. The molecule has 0 atom stereocenters. The number of phenolic OH excluding ortho intramolecular Hbond substituents is 2. The molecule has 7 nitrogen and oxygen atoms in total. The van der Waals surface area contributed by atoms with Crippen LogP contribution in [0.3, 0.4) is 0 Å². The van der Waals surface area contributed by atoms with Crippen LogP contribution in [0.15, 0.2) is 47.6 Å². The molecule has 0 heterocycles. The number of hydrazone groups is 1. The van der Waals surface area contributed by atoms with Crippen molar-refractivity contribution in [3.05, 3.63) is 59.2 Å². The zero-order chi connectivity index (χ0) is 16.1. The normalized spacial score (nSPS) is 10.5. The van der Waals surface area contributed by atoms with E-state index in [1.165, 1.54) is 48.7 Å². The summed E-state index contributed by atoms with van der Waals surface area (Å²) < 4.78 is 0. The lowest BCUT2D eigenvalue weighted by Crippen LogP contribution is -2.17. The van der Waals surface area contributed by atoms with Gasteiger partial charge in [-0.3, -0.25) is 4.79 Å². The number of hydrogen-bond acceptors (Lipinski definition) is 5. The first-order valence-electron chi connectivity index (χ1n) is 6.16. The van der Waals surface area contributed by atoms with Gasteiger partial charge < -0.3 is 15.3 Å². The van der Waals surface area contributed by atoms with Gasteiger partial charge in [-0.15, -0.1) is 0 Å². The number of carbonyl (C=O) groups is 2. The van der Waals surface area contributed by atoms with Gasteiger partial charge >= 0.3 is 5.97 Å². The number of carbonyl (C=O) groups excluding carboxylic acids is 1. The number of benzene rings is 2. The number of phenols is 2. The zero-order valence-electron chi connectivity index (χ0n) is 11.2. The van der Waals surface area contributed by atoms with Gasteiger partial charge in [0.2, 0.25) is 0 Å². The molecule has 0 bridgehead atoms. The number of nitrogens with zero attached hydrogens (tertiary/aromatic N) is 1. The van der Waals surface area contributed by atoms with Crippen LogP contribution in [-0.2, 0) is 0 Å². The van der Waals surface area contributed by atoms with Crippen LogP contribution in [0.5, 0.6) is 11.5 Å². The summed E-state index contributed by atoms with van der Waals surface area (Å²) in [6, 6.07) is 9.88. The van der Waals surface area contributed by atoms with Crippen LogP contribution in [0.25, 0.3) is 0 Å². The van der Waals surface area contributed by atoms with Gasteiger partial charge in [-0.1, -0.05) is 18.2 Å². The minimum absolute atomic E-state index is 0.113. The molecule has 4 N–H and O–H groups in total. The fourth-order valence-electron chi connectivity index (χ4n) is 1.65. The van der Waals surface area contributed by atoms with Crippen LogP contribution < -0.4 is 5.43 Å². The van der Waals surface area contributed by atoms with E-state index in [1.807, 2.05) is 0 Å². The Bertz CT molecular complexity index is 738. The molecule has 0 aromatic heterocycles. The second-order valence-electron chi connectivity index (χ2n) is 4.30. The SMILES string of the molecule is O=C(O)c1ccc(C=NNC(=O)c2cccc(O)c2O)cc1. The first-order valence-corrected chi connectivity index (χ1v) is 6.16. The number of nitrogens with one attached hydrogen (secondary N) is 1. The van der Waals surface area contributed by atoms with Gasteiger partial charge in [-0.05, 0) is 29.8 Å². The van der Waals surface area contributed by atoms with E-state index in [0.717, 1.165) is 0 Å². The molecule has 1 amide bonds. The molecular weight excluding hydrogens is 288 g/mol. The van der Waals surface area contributed by atoms with Crippen molar-refractivity contribution in [1.29, 1.82) is 0 Å². The molecule has 0 aliphatic rings. The minimum Gasteiger partial charge on any atom is -0.504 e. The molecule has 0 aliphatic carbocycles. The molecule has 0 spiro atoms. The Morgan fingerprint density at radius 2 is 1.73 bits per heavy atom. The molecule has 2 rings (SSSR count). The van der Waals surface area contributed by atoms with E-state index in [2.05, 4.69) is 10.5 Å². The quantitative estimate of drug-likeness (QED) is 0.388. The number of carboxylic acid groups (broad SMARTS) is 1. The summed E-state index contributed by atoms with van der Waals surface area (Å²) in [4.78, 5) is 22.5. The molecule has 2 aromatic carbocycles. The minimum atomic E-state index is -1.03. The van der Waals surface area contributed by atoms with Gasteiger partial charge in [-0.25, -0.2) is 10.2 Å². The molecule has 112 valence electrons. The van der Waals surface area contributed by atoms with E-state index in [1.54, 1.807) is 0 Å². The van der Waals surface area contributed by atoms with Gasteiger partial charge in [0, 0.05) is 0 Å². The molecule has 2 aromatic rings. The van der Waals surface area contributed by atoms with Gasteiger partial charge in [0.1, 0.15) is 0 Å². The summed E-state index contributed by atoms with van der Waals surface area (Å²) in [6.07, 6.45) is 1.32. The maximum Gasteiger partial charge on any atom is 0.335 e. The molecule has 22 heavy (non-hydrogen) atoms. The van der Waals surface area contributed by atoms with Gasteiger partial charge in [0.25, 0.3) is 5.91 Å². The highest BCUT2D eigenvalue weighted by atomic mass is 16.4. The first kappa shape index (κ1) is 15.0. The molecular formula is C15H12N2O5. The topological polar surface area (TPSA) is 119 Å². The molecule has 0 unspecified atom stereocenters. The van der Waals surface area contributed by atoms with E-state index >= 15 is 0 Å². The number of carboxylic acids is 1. The summed E-state index contributed by atoms with van der Waals surface area (Å²) in [6.45, 7) is 0. The lowest BCUT2D eigenvalue weighted by Gasteiger charge is -2.04. The molecule has 0 radical (unpaired) electrons. The fraction of sp³-hybridized carbons (Fsp3) is 0. The maximum atomic E-state index is 11.8. The van der Waals surface area contributed by atoms with Crippen molar-refractivity contribution in [3.8, 4) is 11.5 Å². The third-order valence-electron chi connectivity index (χ3n) is 2.80. The Morgan fingerprint density at radius 3 is 2.36 bits per heavy atom. The predicted molar refractivity (Wildman–Crippen MR) is 78.2 cm³/mol. The van der Waals surface area contributed by atoms with Crippen molar-refractivity contribution in [3.63, 3.8) is 0 Å². The number of aromatic hydroxyl groups is 2. The Labute approximate surface area is 125 Å². The summed E-state index contributed by atoms with van der Waals surface area (Å²) in [7, 11) is 0. The van der Waals surface area contributed by atoms with Crippen molar-refractivity contribution < 1.29 is 24.9 Å². The lowest BCUT2D eigenvalue weighted by atomic mass is 10.1. The third-order valence-corrected chi connectivity index (χ3v) is 2.80. The molecule has 0 saturated carbocycles. The van der Waals surface area contributed by atoms with E-state index < -0.39 is 23.4 Å². The molecule has 0 aliphatic heterocycles. The Hall–Kier alpha value is -3.35. The van der Waals surface area contributed by atoms with Crippen molar-refractivity contribution in [2.75, 3.05) is 0 Å². The van der Waals surface area contributed by atoms with Crippen molar-refractivity contribution >= 4 is 18.1 Å². The van der Waals surface area contributed by atoms with Gasteiger partial charge in [-0.2, -0.15) is 5.10 Å². The monoisotopic (exact) mass is 300 g/mol. The largest absolute Gasteiger partial charge is 0.504 e. The third kappa shape index (κ3) is 3.40. The lowest BCUT2D eigenvalue weighted by molar-refractivity contribution is 0.0696. The molecule has 0 fully saturated rings. The van der Waals surface area contributed by atoms with Crippen molar-refractivity contribution in [2.45, 2.75) is 0 Å². The summed E-state index contributed by atoms with van der Waals surface area (Å²) in [5.41, 5.74) is 2.82. The maximum absolute atomic E-state index is 11.8. The smallest absolute Gasteiger partial charge is 0.335 e. The second kappa shape index (κ2) is 6.40. The number of aromatic carboxylic acids is 1. The van der Waals surface area contributed by atoms with Gasteiger partial charge in [0.15, 0.2) is 11.5 Å². The molecule has 7 heteroatoms. The van der Waals surface area contributed by atoms with Crippen LogP contribution in [0.2, 0.25) is 0 Å². The van der Waals surface area contributed by atoms with Crippen molar-refractivity contribution in [2.24, 2.45) is 5.10 Å². The average molecular weight is 300 g/mol. The van der Waals surface area contributed by atoms with Crippen LogP contribution >= 0.6 is 0 Å². The molecule has 0 saturated heterocycles. The van der Waals surface area contributed by atoms with E-state index in [4.69, 9.17) is 5.11 Å². The van der Waals surface area contributed by atoms with Crippen molar-refractivity contribution in [1.82, 2.24) is 5.43 Å². The van der Waals surface area contributed by atoms with E-state index in [0.29, 0.717) is 5.56 Å². The van der Waals surface area contributed by atoms with E-state index in [-0.39, 0.29) is 11.1 Å². The highest BCUT2D eigenvalue weighted by Crippen LogP contribution is 2.27. The zero-order valence-corrected chi connectivity index (χ0v) is 11.2. The number of hydrogen-bond donors (Lipinski definition) is 4. The predicted octanol–water partition coefficient (Wildman–Crippen LogP) is 1.56. The van der Waals surface area contributed by atoms with E-state index in [9.17, 15) is 19.8 Å². The average Bonchev–Trinajstić information content (AvgIpc) is 2.50. The summed E-state index contributed by atoms with van der Waals surface area (Å²) in [5, 5.41) is 31.3. The van der Waals surface area contributed by atoms with Gasteiger partial charge in [0.05, 0.1) is 17.3 Å². The highest BCUT2D eigenvalue weighted by molar-refractivity contribution is 5.98. The standard InChI is InChI=1S/C15H12N2O5/c18-12-3-1-2-11(13(12)19)14(20)17-16-8-9-4-6-10(7-5-9)15(21)22/h1-8,18-19H,(H,17,20)(H,21,22). The Morgan fingerprint density at radius 1 is 1.05 bits per heavy atom. The van der Waals surface area contributed by atoms with Crippen LogP contribution in [0.4, 0.5) is 0 Å². The first-order chi connectivity index (χ1) is 10.5. The fourth-order valence-corrected chi connectivity index (χ4v) is 1.65. The second-order valence-corrected chi connectivity index (χ2v) is 4.30. The Balaban J connectivity index is 2.04.